The van der Waals surface area contributed by atoms with Crippen LogP contribution in [0.3, 0.4) is 0 Å². The first-order valence-corrected chi connectivity index (χ1v) is 42.0. The maximum atomic E-state index is 12.8. The molecule has 0 radical (unpaired) electrons. The molecule has 6 aromatic heterocycles. The quantitative estimate of drug-likeness (QED) is 0.0390. The number of H-pyrrole nitrogens is 3. The van der Waals surface area contributed by atoms with Crippen LogP contribution in [0.2, 0.25) is 0 Å². The second-order valence-electron chi connectivity index (χ2n) is 29.2. The summed E-state index contributed by atoms with van der Waals surface area (Å²) in [5, 5.41) is 31.6. The molecule has 33 heteroatoms. The molecular formula is C69H105N21O9S3. The lowest BCUT2D eigenvalue weighted by atomic mass is 9.83. The van der Waals surface area contributed by atoms with Gasteiger partial charge in [0.15, 0.2) is 17.5 Å². The van der Waals surface area contributed by atoms with Crippen molar-refractivity contribution in [1.82, 2.24) is 73.4 Å². The van der Waals surface area contributed by atoms with Gasteiger partial charge < -0.3 is 44.9 Å². The van der Waals surface area contributed by atoms with Crippen molar-refractivity contribution in [2.45, 2.75) is 249 Å². The van der Waals surface area contributed by atoms with Gasteiger partial charge in [0.1, 0.15) is 17.5 Å². The highest BCUT2D eigenvalue weighted by molar-refractivity contribution is 7.89. The van der Waals surface area contributed by atoms with Crippen LogP contribution >= 0.6 is 0 Å². The van der Waals surface area contributed by atoms with E-state index in [0.717, 1.165) is 189 Å². The summed E-state index contributed by atoms with van der Waals surface area (Å²) in [6.45, 7) is 13.3. The lowest BCUT2D eigenvalue weighted by molar-refractivity contribution is 0.107. The van der Waals surface area contributed by atoms with Crippen LogP contribution in [0.4, 0.5) is 52.8 Å². The Morgan fingerprint density at radius 1 is 0.382 bits per heavy atom. The molecule has 6 bridgehead atoms. The average Bonchev–Trinajstić information content (AvgIpc) is 0.993. The van der Waals surface area contributed by atoms with Crippen LogP contribution in [-0.4, -0.2) is 211 Å². The molecule has 9 aliphatic rings. The molecule has 0 aromatic carbocycles. The maximum absolute atomic E-state index is 12.8. The van der Waals surface area contributed by atoms with E-state index in [2.05, 4.69) is 61.2 Å². The summed E-state index contributed by atoms with van der Waals surface area (Å²) < 4.78 is 99.9. The Kier molecular flexibility index (Phi) is 22.8. The standard InChI is InChI=1S/3C23H35N7O3S/c3*1-4-34(31,32)30-16-7-5-8-17(30)13-18(12-16)29(3)23-24-19(20-9-6-10-33-20)14-21(26-23)25-22-11-15(2)27-28-22/h3*11,14,16-18,20H,4-10,12-13H2,1-3H3,(H2,24,25,26,27,28)/t16-,17+,18?,20?;2*16-,17+,18?,20-/m.10/s1. The molecule has 0 spiro atoms. The number of sulfonamides is 3. The minimum absolute atomic E-state index is 0.0347. The van der Waals surface area contributed by atoms with Gasteiger partial charge in [0, 0.05) is 149 Å². The van der Waals surface area contributed by atoms with Gasteiger partial charge in [-0.1, -0.05) is 19.3 Å². The Bertz CT molecular complexity index is 3720. The summed E-state index contributed by atoms with van der Waals surface area (Å²) in [5.41, 5.74) is 5.51. The van der Waals surface area contributed by atoms with E-state index in [0.29, 0.717) is 52.8 Å². The molecule has 30 nitrogen and oxygen atoms in total. The zero-order valence-corrected chi connectivity index (χ0v) is 63.0. The van der Waals surface area contributed by atoms with Gasteiger partial charge in [0.05, 0.1) is 52.7 Å². The molecule has 15 heterocycles. The van der Waals surface area contributed by atoms with Crippen LogP contribution in [0.5, 0.6) is 0 Å². The molecule has 0 aliphatic carbocycles. The van der Waals surface area contributed by atoms with Crippen LogP contribution in [0, 0.1) is 20.8 Å². The highest BCUT2D eigenvalue weighted by atomic mass is 32.2. The molecule has 12 atom stereocenters. The minimum atomic E-state index is -3.20. The lowest BCUT2D eigenvalue weighted by Crippen LogP contribution is -2.58. The van der Waals surface area contributed by atoms with Gasteiger partial charge in [-0.25, -0.2) is 40.2 Å². The molecule has 0 amide bonds. The molecule has 9 aliphatic heterocycles. The molecule has 6 aromatic rings. The molecule has 0 saturated carbocycles. The van der Waals surface area contributed by atoms with Crippen molar-refractivity contribution in [2.24, 2.45) is 0 Å². The molecule has 15 rings (SSSR count). The Labute approximate surface area is 601 Å². The van der Waals surface area contributed by atoms with E-state index in [1.165, 1.54) is 0 Å². The van der Waals surface area contributed by atoms with E-state index in [1.807, 2.05) is 91.2 Å². The van der Waals surface area contributed by atoms with E-state index in [9.17, 15) is 25.3 Å². The smallest absolute Gasteiger partial charge is 0.227 e. The number of aromatic amines is 3. The zero-order valence-electron chi connectivity index (χ0n) is 60.6. The fourth-order valence-electron chi connectivity index (χ4n) is 17.0. The summed E-state index contributed by atoms with van der Waals surface area (Å²) >= 11 is 0. The maximum Gasteiger partial charge on any atom is 0.227 e. The van der Waals surface area contributed by atoms with E-state index in [4.69, 9.17) is 44.1 Å². The average molecular weight is 1470 g/mol. The Balaban J connectivity index is 0.000000137. The fraction of sp³-hybridized carbons (Fsp3) is 0.696. The first-order chi connectivity index (χ1) is 49.0. The number of rotatable bonds is 21. The summed E-state index contributed by atoms with van der Waals surface area (Å²) in [6.07, 6.45) is 19.3. The van der Waals surface area contributed by atoms with Gasteiger partial charge in [-0.15, -0.1) is 0 Å². The predicted molar refractivity (Wildman–Crippen MR) is 392 cm³/mol. The third kappa shape index (κ3) is 16.7. The van der Waals surface area contributed by atoms with Crippen LogP contribution in [-0.2, 0) is 44.3 Å². The van der Waals surface area contributed by atoms with Crippen molar-refractivity contribution in [3.63, 3.8) is 0 Å². The van der Waals surface area contributed by atoms with Crippen molar-refractivity contribution in [2.75, 3.05) is 88.9 Å². The van der Waals surface area contributed by atoms with Crippen molar-refractivity contribution in [3.8, 4) is 0 Å². The van der Waals surface area contributed by atoms with Gasteiger partial charge in [-0.2, -0.15) is 43.2 Å². The van der Waals surface area contributed by atoms with Gasteiger partial charge in [0.2, 0.25) is 47.9 Å². The Hall–Kier alpha value is -6.72. The molecule has 102 heavy (non-hydrogen) atoms. The SMILES string of the molecule is CCS(=O)(=O)N1[C@@H]2CCC[C@H]1CC(N(C)c1nc(Nc3cc(C)[nH]n3)cc(C3CCCO3)n1)C2.CCS(=O)(=O)N1[C@@H]2CCC[C@H]1CC(N(C)c1nc(Nc3cc(C)[nH]n3)cc([C@@H]3CCCO3)n1)C2.CCS(=O)(=O)N1[C@@H]2CCC[C@H]1CC(N(C)c1nc(Nc3cc(C)[nH]n3)cc([C@H]3CCCO3)n1)C2. The molecule has 9 fully saturated rings. The molecule has 9 saturated heterocycles. The van der Waals surface area contributed by atoms with Crippen molar-refractivity contribution in [3.05, 3.63) is 70.6 Å². The third-order valence-electron chi connectivity index (χ3n) is 22.2. The number of aromatic nitrogens is 12. The lowest BCUT2D eigenvalue weighted by Gasteiger charge is -2.49. The first kappa shape index (κ1) is 73.6. The Morgan fingerprint density at radius 2 is 0.637 bits per heavy atom. The normalized spacial score (nSPS) is 27.6. The van der Waals surface area contributed by atoms with Crippen LogP contribution < -0.4 is 30.7 Å². The fourth-order valence-corrected chi connectivity index (χ4v) is 21.7. The number of nitrogens with zero attached hydrogens (tertiary/aromatic N) is 15. The number of piperidine rings is 6. The highest BCUT2D eigenvalue weighted by Crippen LogP contribution is 2.44. The minimum Gasteiger partial charge on any atom is -0.372 e. The zero-order chi connectivity index (χ0) is 71.6. The van der Waals surface area contributed by atoms with E-state index in [1.54, 1.807) is 20.8 Å². The van der Waals surface area contributed by atoms with Gasteiger partial charge >= 0.3 is 0 Å². The van der Waals surface area contributed by atoms with E-state index < -0.39 is 30.1 Å². The topological polar surface area (TPSA) is 349 Å². The predicted octanol–water partition coefficient (Wildman–Crippen LogP) is 9.82. The number of ether oxygens (including phenoxy) is 3. The summed E-state index contributed by atoms with van der Waals surface area (Å²) in [7, 11) is -3.52. The second kappa shape index (κ2) is 31.5. The van der Waals surface area contributed by atoms with Gasteiger partial charge in [-0.3, -0.25) is 15.3 Å². The third-order valence-corrected chi connectivity index (χ3v) is 28.1. The van der Waals surface area contributed by atoms with Crippen LogP contribution in [0.1, 0.15) is 208 Å². The number of anilines is 9. The number of nitrogens with one attached hydrogen (secondary N) is 6. The second-order valence-corrected chi connectivity index (χ2v) is 35.7. The van der Waals surface area contributed by atoms with Crippen molar-refractivity contribution in [1.29, 1.82) is 0 Å². The molecule has 4 unspecified atom stereocenters. The molecule has 6 N–H and O–H groups in total. The summed E-state index contributed by atoms with van der Waals surface area (Å²) in [6, 6.07) is 12.5. The number of hydrogen-bond acceptors (Lipinski definition) is 24. The largest absolute Gasteiger partial charge is 0.372 e. The Morgan fingerprint density at radius 3 is 0.843 bits per heavy atom. The van der Waals surface area contributed by atoms with Gasteiger partial charge in [-0.05, 0) is 157 Å². The van der Waals surface area contributed by atoms with E-state index in [-0.39, 0.29) is 89.9 Å². The first-order valence-electron chi connectivity index (χ1n) is 37.1. The summed E-state index contributed by atoms with van der Waals surface area (Å²) in [5.74, 6) is 6.55. The monoisotopic (exact) mass is 1470 g/mol. The van der Waals surface area contributed by atoms with E-state index >= 15 is 0 Å². The highest BCUT2D eigenvalue weighted by Gasteiger charge is 2.48. The van der Waals surface area contributed by atoms with Crippen molar-refractivity contribution < 1.29 is 39.5 Å². The van der Waals surface area contributed by atoms with Crippen molar-refractivity contribution >= 4 is 82.8 Å². The molecular weight excluding hydrogens is 1360 g/mol. The number of aryl methyl sites for hydroxylation is 3. The molecule has 558 valence electrons. The number of fused-ring (bicyclic) bond motifs is 6. The summed E-state index contributed by atoms with van der Waals surface area (Å²) in [4.78, 5) is 35.6. The van der Waals surface area contributed by atoms with Crippen LogP contribution in [0.25, 0.3) is 0 Å². The number of hydrogen-bond donors (Lipinski definition) is 6. The van der Waals surface area contributed by atoms with Gasteiger partial charge in [0.25, 0.3) is 0 Å². The van der Waals surface area contributed by atoms with Crippen LogP contribution in [0.15, 0.2) is 36.4 Å².